The molecule has 8 heteroatoms. The molecule has 1 amide bonds. The van der Waals surface area contributed by atoms with E-state index in [9.17, 15) is 9.18 Å². The Morgan fingerprint density at radius 1 is 1.59 bits per heavy atom. The maximum absolute atomic E-state index is 13.6. The van der Waals surface area contributed by atoms with E-state index in [1.54, 1.807) is 4.90 Å². The molecule has 1 aliphatic rings. The molecule has 1 aromatic heterocycles. The fraction of sp³-hybridized carbons (Fsp3) is 0.444. The van der Waals surface area contributed by atoms with Gasteiger partial charge in [-0.2, -0.15) is 4.98 Å². The Morgan fingerprint density at radius 2 is 2.41 bits per heavy atom. The third-order valence-electron chi connectivity index (χ3n) is 2.42. The van der Waals surface area contributed by atoms with Crippen molar-refractivity contribution in [3.63, 3.8) is 0 Å². The van der Waals surface area contributed by atoms with Gasteiger partial charge in [-0.3, -0.25) is 10.2 Å². The van der Waals surface area contributed by atoms with Gasteiger partial charge in [-0.25, -0.2) is 15.2 Å². The zero-order valence-electron chi connectivity index (χ0n) is 9.11. The maximum atomic E-state index is 13.6. The summed E-state index contributed by atoms with van der Waals surface area (Å²) in [4.78, 5) is 20.5. The normalized spacial score (nSPS) is 16.4. The maximum Gasteiger partial charge on any atom is 0.239 e. The fourth-order valence-corrected chi connectivity index (χ4v) is 1.64. The third-order valence-corrected chi connectivity index (χ3v) is 2.42. The van der Waals surface area contributed by atoms with Crippen LogP contribution in [-0.2, 0) is 4.79 Å². The van der Waals surface area contributed by atoms with E-state index in [0.717, 1.165) is 12.6 Å². The van der Waals surface area contributed by atoms with Gasteiger partial charge < -0.3 is 10.2 Å². The van der Waals surface area contributed by atoms with Crippen molar-refractivity contribution in [1.29, 1.82) is 0 Å². The van der Waals surface area contributed by atoms with E-state index >= 15 is 0 Å². The Morgan fingerprint density at radius 3 is 3.18 bits per heavy atom. The fourth-order valence-electron chi connectivity index (χ4n) is 1.64. The highest BCUT2D eigenvalue weighted by Crippen LogP contribution is 2.17. The molecular weight excluding hydrogens is 227 g/mol. The monoisotopic (exact) mass is 240 g/mol. The van der Waals surface area contributed by atoms with Crippen molar-refractivity contribution in [2.24, 2.45) is 5.84 Å². The Labute approximate surface area is 97.2 Å². The SMILES string of the molecule is NNc1ncc(F)c(N2CCCNC(=O)C2)n1. The largest absolute Gasteiger partial charge is 0.354 e. The summed E-state index contributed by atoms with van der Waals surface area (Å²) in [5.41, 5.74) is 2.24. The second kappa shape index (κ2) is 4.91. The third kappa shape index (κ3) is 2.59. The van der Waals surface area contributed by atoms with Crippen LogP contribution in [0.2, 0.25) is 0 Å². The lowest BCUT2D eigenvalue weighted by atomic mass is 10.4. The molecule has 0 spiro atoms. The number of amides is 1. The number of aromatic nitrogens is 2. The van der Waals surface area contributed by atoms with E-state index in [-0.39, 0.29) is 24.2 Å². The van der Waals surface area contributed by atoms with Crippen molar-refractivity contribution >= 4 is 17.7 Å². The van der Waals surface area contributed by atoms with Gasteiger partial charge in [0.15, 0.2) is 11.6 Å². The van der Waals surface area contributed by atoms with Crippen molar-refractivity contribution in [2.75, 3.05) is 30.0 Å². The molecule has 0 saturated carbocycles. The van der Waals surface area contributed by atoms with Crippen LogP contribution in [0, 0.1) is 5.82 Å². The minimum absolute atomic E-state index is 0.0813. The average Bonchev–Trinajstić information content (AvgIpc) is 2.54. The molecule has 0 aromatic carbocycles. The summed E-state index contributed by atoms with van der Waals surface area (Å²) in [5, 5.41) is 2.71. The number of hydrogen-bond donors (Lipinski definition) is 3. The zero-order valence-corrected chi connectivity index (χ0v) is 9.11. The summed E-state index contributed by atoms with van der Waals surface area (Å²) in [7, 11) is 0. The van der Waals surface area contributed by atoms with Crippen molar-refractivity contribution in [3.05, 3.63) is 12.0 Å². The van der Waals surface area contributed by atoms with Gasteiger partial charge in [0, 0.05) is 13.1 Å². The predicted octanol–water partition coefficient (Wildman–Crippen LogP) is -0.772. The van der Waals surface area contributed by atoms with Crippen molar-refractivity contribution in [3.8, 4) is 0 Å². The molecule has 0 bridgehead atoms. The van der Waals surface area contributed by atoms with Crippen LogP contribution < -0.4 is 21.5 Å². The first-order valence-electron chi connectivity index (χ1n) is 5.21. The topological polar surface area (TPSA) is 96.2 Å². The van der Waals surface area contributed by atoms with Crippen LogP contribution >= 0.6 is 0 Å². The van der Waals surface area contributed by atoms with Gasteiger partial charge in [0.2, 0.25) is 11.9 Å². The van der Waals surface area contributed by atoms with E-state index in [1.165, 1.54) is 0 Å². The lowest BCUT2D eigenvalue weighted by molar-refractivity contribution is -0.119. The Kier molecular flexibility index (Phi) is 3.33. The first-order chi connectivity index (χ1) is 8.20. The van der Waals surface area contributed by atoms with Crippen LogP contribution in [0.1, 0.15) is 6.42 Å². The molecule has 2 rings (SSSR count). The van der Waals surface area contributed by atoms with Gasteiger partial charge >= 0.3 is 0 Å². The molecule has 1 saturated heterocycles. The van der Waals surface area contributed by atoms with Crippen LogP contribution in [-0.4, -0.2) is 35.5 Å². The number of hydrazine groups is 1. The lowest BCUT2D eigenvalue weighted by Crippen LogP contribution is -2.34. The van der Waals surface area contributed by atoms with Crippen LogP contribution in [0.5, 0.6) is 0 Å². The molecule has 92 valence electrons. The van der Waals surface area contributed by atoms with Gasteiger partial charge in [0.05, 0.1) is 12.7 Å². The van der Waals surface area contributed by atoms with Crippen molar-refractivity contribution in [1.82, 2.24) is 15.3 Å². The molecule has 17 heavy (non-hydrogen) atoms. The highest BCUT2D eigenvalue weighted by atomic mass is 19.1. The first kappa shape index (κ1) is 11.5. The van der Waals surface area contributed by atoms with Crippen molar-refractivity contribution < 1.29 is 9.18 Å². The molecule has 0 unspecified atom stereocenters. The Balaban J connectivity index is 2.27. The summed E-state index contributed by atoms with van der Waals surface area (Å²) < 4.78 is 13.6. The number of nitrogens with zero attached hydrogens (tertiary/aromatic N) is 3. The molecular formula is C9H13FN6O. The van der Waals surface area contributed by atoms with Gasteiger partial charge in [0.1, 0.15) is 0 Å². The van der Waals surface area contributed by atoms with E-state index < -0.39 is 5.82 Å². The number of nitrogens with two attached hydrogens (primary N) is 1. The lowest BCUT2D eigenvalue weighted by Gasteiger charge is -2.20. The smallest absolute Gasteiger partial charge is 0.239 e. The number of carbonyl (C=O) groups is 1. The predicted molar refractivity (Wildman–Crippen MR) is 59.6 cm³/mol. The summed E-state index contributed by atoms with van der Waals surface area (Å²) in [6, 6.07) is 0. The molecule has 0 aliphatic carbocycles. The average molecular weight is 240 g/mol. The number of halogens is 1. The van der Waals surface area contributed by atoms with Gasteiger partial charge in [-0.05, 0) is 6.42 Å². The summed E-state index contributed by atoms with van der Waals surface area (Å²) in [5.74, 6) is 4.65. The highest BCUT2D eigenvalue weighted by Gasteiger charge is 2.19. The molecule has 0 atom stereocenters. The minimum Gasteiger partial charge on any atom is -0.354 e. The number of carbonyl (C=O) groups excluding carboxylic acids is 1. The molecule has 7 nitrogen and oxygen atoms in total. The molecule has 1 aliphatic heterocycles. The second-order valence-corrected chi connectivity index (χ2v) is 3.63. The number of hydrogen-bond acceptors (Lipinski definition) is 6. The number of nitrogens with one attached hydrogen (secondary N) is 2. The quantitative estimate of drug-likeness (QED) is 0.464. The standard InChI is InChI=1S/C9H13FN6O/c10-6-4-13-9(15-11)14-8(6)16-3-1-2-12-7(17)5-16/h4H,1-3,5,11H2,(H,12,17)(H,13,14,15). The molecule has 2 heterocycles. The van der Waals surface area contributed by atoms with E-state index in [2.05, 4.69) is 20.7 Å². The summed E-state index contributed by atoms with van der Waals surface area (Å²) in [6.07, 6.45) is 1.76. The van der Waals surface area contributed by atoms with Crippen LogP contribution in [0.4, 0.5) is 16.2 Å². The number of rotatable bonds is 2. The number of nitrogen functional groups attached to an aromatic ring is 1. The van der Waals surface area contributed by atoms with E-state index in [4.69, 9.17) is 5.84 Å². The molecule has 1 aromatic rings. The highest BCUT2D eigenvalue weighted by molar-refractivity contribution is 5.81. The van der Waals surface area contributed by atoms with Gasteiger partial charge in [-0.1, -0.05) is 0 Å². The van der Waals surface area contributed by atoms with Gasteiger partial charge in [0.25, 0.3) is 0 Å². The summed E-state index contributed by atoms with van der Waals surface area (Å²) in [6.45, 7) is 1.22. The first-order valence-corrected chi connectivity index (χ1v) is 5.21. The van der Waals surface area contributed by atoms with E-state index in [1.807, 2.05) is 0 Å². The van der Waals surface area contributed by atoms with Crippen LogP contribution in [0.25, 0.3) is 0 Å². The van der Waals surface area contributed by atoms with Crippen LogP contribution in [0.3, 0.4) is 0 Å². The van der Waals surface area contributed by atoms with Gasteiger partial charge in [-0.15, -0.1) is 0 Å². The van der Waals surface area contributed by atoms with Crippen molar-refractivity contribution in [2.45, 2.75) is 6.42 Å². The zero-order chi connectivity index (χ0) is 12.3. The van der Waals surface area contributed by atoms with E-state index in [0.29, 0.717) is 13.1 Å². The Bertz CT molecular complexity index is 426. The minimum atomic E-state index is -0.571. The Hall–Kier alpha value is -1.96. The summed E-state index contributed by atoms with van der Waals surface area (Å²) >= 11 is 0. The molecule has 1 fully saturated rings. The second-order valence-electron chi connectivity index (χ2n) is 3.63. The molecule has 0 radical (unpaired) electrons. The number of anilines is 2. The molecule has 4 N–H and O–H groups in total. The van der Waals surface area contributed by atoms with Crippen LogP contribution in [0.15, 0.2) is 6.20 Å².